The van der Waals surface area contributed by atoms with Crippen molar-refractivity contribution >= 4 is 34.3 Å². The second-order valence-corrected chi connectivity index (χ2v) is 5.93. The Morgan fingerprint density at radius 1 is 1.15 bits per heavy atom. The Labute approximate surface area is 152 Å². The van der Waals surface area contributed by atoms with E-state index in [1.54, 1.807) is 12.3 Å². The number of aliphatic hydroxyl groups excluding tert-OH is 1. The van der Waals surface area contributed by atoms with E-state index in [0.717, 1.165) is 27.8 Å². The molecule has 2 N–H and O–H groups in total. The zero-order valence-electron chi connectivity index (χ0n) is 14.6. The molecule has 0 aliphatic heterocycles. The number of rotatable bonds is 6. The van der Waals surface area contributed by atoms with E-state index in [-0.39, 0.29) is 12.5 Å². The minimum atomic E-state index is -0.192. The number of carbonyl (C=O) groups excluding carboxylic acids is 1. The summed E-state index contributed by atoms with van der Waals surface area (Å²) in [7, 11) is 1.91. The molecule has 1 amide bonds. The van der Waals surface area contributed by atoms with Crippen molar-refractivity contribution in [3.63, 3.8) is 0 Å². The summed E-state index contributed by atoms with van der Waals surface area (Å²) in [4.78, 5) is 18.4. The van der Waals surface area contributed by atoms with Gasteiger partial charge in [0.1, 0.15) is 0 Å². The van der Waals surface area contributed by atoms with Gasteiger partial charge in [0, 0.05) is 42.6 Å². The van der Waals surface area contributed by atoms with E-state index in [1.807, 2.05) is 66.5 Å². The lowest BCUT2D eigenvalue weighted by molar-refractivity contribution is -0.111. The van der Waals surface area contributed by atoms with Gasteiger partial charge in [-0.3, -0.25) is 9.78 Å². The van der Waals surface area contributed by atoms with Gasteiger partial charge in [-0.1, -0.05) is 18.2 Å². The Hall–Kier alpha value is -3.18. The number of anilines is 2. The molecule has 0 radical (unpaired) electrons. The Morgan fingerprint density at radius 2 is 1.92 bits per heavy atom. The number of benzene rings is 2. The Balaban J connectivity index is 1.67. The van der Waals surface area contributed by atoms with E-state index >= 15 is 0 Å². The maximum absolute atomic E-state index is 12.2. The van der Waals surface area contributed by atoms with Crippen LogP contribution in [0.25, 0.3) is 17.0 Å². The average molecular weight is 347 g/mol. The first kappa shape index (κ1) is 17.6. The predicted octanol–water partition coefficient (Wildman–Crippen LogP) is 3.32. The zero-order chi connectivity index (χ0) is 18.4. The van der Waals surface area contributed by atoms with E-state index in [9.17, 15) is 4.79 Å². The quantitative estimate of drug-likeness (QED) is 0.672. The number of amides is 1. The fraction of sp³-hybridized carbons (Fsp3) is 0.143. The van der Waals surface area contributed by atoms with Gasteiger partial charge in [-0.2, -0.15) is 0 Å². The van der Waals surface area contributed by atoms with Crippen molar-refractivity contribution in [3.05, 3.63) is 72.4 Å². The number of carbonyl (C=O) groups is 1. The highest BCUT2D eigenvalue weighted by Crippen LogP contribution is 2.18. The summed E-state index contributed by atoms with van der Waals surface area (Å²) >= 11 is 0. The van der Waals surface area contributed by atoms with Gasteiger partial charge in [-0.25, -0.2) is 0 Å². The van der Waals surface area contributed by atoms with E-state index in [2.05, 4.69) is 10.3 Å². The molecule has 0 saturated carbocycles. The molecular formula is C21H21N3O2. The molecule has 3 aromatic rings. The highest BCUT2D eigenvalue weighted by molar-refractivity contribution is 6.03. The molecule has 0 bridgehead atoms. The van der Waals surface area contributed by atoms with Crippen LogP contribution >= 0.6 is 0 Å². The molecule has 5 nitrogen and oxygen atoms in total. The number of aliphatic hydroxyl groups is 1. The lowest BCUT2D eigenvalue weighted by atomic mass is 10.1. The number of aromatic nitrogens is 1. The van der Waals surface area contributed by atoms with Gasteiger partial charge >= 0.3 is 0 Å². The van der Waals surface area contributed by atoms with Crippen LogP contribution in [-0.2, 0) is 4.79 Å². The standard InChI is InChI=1S/C21H21N3O2/c1-24(14-15-25)18-9-7-17(8-10-18)23-21(26)11-6-16-12-13-22-20-5-3-2-4-19(16)20/h2-13,25H,14-15H2,1H3,(H,23,26)/b11-6+. The number of nitrogens with one attached hydrogen (secondary N) is 1. The summed E-state index contributed by atoms with van der Waals surface area (Å²) in [6, 6.07) is 17.2. The molecule has 3 rings (SSSR count). The number of para-hydroxylation sites is 1. The second-order valence-electron chi connectivity index (χ2n) is 5.93. The molecule has 132 valence electrons. The van der Waals surface area contributed by atoms with Crippen LogP contribution in [0.4, 0.5) is 11.4 Å². The van der Waals surface area contributed by atoms with Crippen LogP contribution in [0.5, 0.6) is 0 Å². The van der Waals surface area contributed by atoms with Gasteiger partial charge in [0.05, 0.1) is 12.1 Å². The van der Waals surface area contributed by atoms with Gasteiger partial charge in [-0.05, 0) is 48.0 Å². The third kappa shape index (κ3) is 4.26. The molecular weight excluding hydrogens is 326 g/mol. The smallest absolute Gasteiger partial charge is 0.248 e. The van der Waals surface area contributed by atoms with Crippen molar-refractivity contribution in [2.24, 2.45) is 0 Å². The first-order chi connectivity index (χ1) is 12.7. The molecule has 1 heterocycles. The van der Waals surface area contributed by atoms with Crippen molar-refractivity contribution in [1.29, 1.82) is 0 Å². The van der Waals surface area contributed by atoms with Crippen LogP contribution in [0, 0.1) is 0 Å². The predicted molar refractivity (Wildman–Crippen MR) is 106 cm³/mol. The molecule has 1 aromatic heterocycles. The van der Waals surface area contributed by atoms with Gasteiger partial charge in [-0.15, -0.1) is 0 Å². The third-order valence-corrected chi connectivity index (χ3v) is 4.11. The minimum absolute atomic E-state index is 0.101. The second kappa shape index (κ2) is 8.27. The number of hydrogen-bond donors (Lipinski definition) is 2. The monoisotopic (exact) mass is 347 g/mol. The molecule has 0 spiro atoms. The van der Waals surface area contributed by atoms with Crippen molar-refractivity contribution in [3.8, 4) is 0 Å². The zero-order valence-corrected chi connectivity index (χ0v) is 14.6. The molecule has 0 fully saturated rings. The van der Waals surface area contributed by atoms with Crippen molar-refractivity contribution < 1.29 is 9.90 Å². The molecule has 26 heavy (non-hydrogen) atoms. The van der Waals surface area contributed by atoms with Crippen molar-refractivity contribution in [2.45, 2.75) is 0 Å². The first-order valence-electron chi connectivity index (χ1n) is 8.42. The van der Waals surface area contributed by atoms with Crippen LogP contribution in [0.3, 0.4) is 0 Å². The Morgan fingerprint density at radius 3 is 2.69 bits per heavy atom. The van der Waals surface area contributed by atoms with Crippen LogP contribution in [0.2, 0.25) is 0 Å². The lowest BCUT2D eigenvalue weighted by Crippen LogP contribution is -2.20. The summed E-state index contributed by atoms with van der Waals surface area (Å²) in [6.45, 7) is 0.664. The molecule has 0 atom stereocenters. The lowest BCUT2D eigenvalue weighted by Gasteiger charge is -2.18. The van der Waals surface area contributed by atoms with E-state index in [4.69, 9.17) is 5.11 Å². The summed E-state index contributed by atoms with van der Waals surface area (Å²) < 4.78 is 0. The highest BCUT2D eigenvalue weighted by atomic mass is 16.3. The van der Waals surface area contributed by atoms with E-state index < -0.39 is 0 Å². The van der Waals surface area contributed by atoms with E-state index in [1.165, 1.54) is 6.08 Å². The van der Waals surface area contributed by atoms with E-state index in [0.29, 0.717) is 6.54 Å². The van der Waals surface area contributed by atoms with Gasteiger partial charge in [0.25, 0.3) is 0 Å². The van der Waals surface area contributed by atoms with Gasteiger partial charge in [0.15, 0.2) is 0 Å². The van der Waals surface area contributed by atoms with Crippen LogP contribution in [0.15, 0.2) is 66.9 Å². The molecule has 0 aliphatic rings. The number of hydrogen-bond acceptors (Lipinski definition) is 4. The summed E-state index contributed by atoms with van der Waals surface area (Å²) in [5, 5.41) is 12.8. The van der Waals surface area contributed by atoms with Crippen molar-refractivity contribution in [2.75, 3.05) is 30.4 Å². The maximum atomic E-state index is 12.2. The van der Waals surface area contributed by atoms with Gasteiger partial charge < -0.3 is 15.3 Å². The Kier molecular flexibility index (Phi) is 5.61. The maximum Gasteiger partial charge on any atom is 0.248 e. The van der Waals surface area contributed by atoms with Crippen LogP contribution < -0.4 is 10.2 Å². The number of nitrogens with zero attached hydrogens (tertiary/aromatic N) is 2. The summed E-state index contributed by atoms with van der Waals surface area (Å²) in [6.07, 6.45) is 5.05. The topological polar surface area (TPSA) is 65.5 Å². The highest BCUT2D eigenvalue weighted by Gasteiger charge is 2.03. The Bertz CT molecular complexity index is 915. The number of fused-ring (bicyclic) bond motifs is 1. The number of pyridine rings is 1. The minimum Gasteiger partial charge on any atom is -0.395 e. The molecule has 5 heteroatoms. The van der Waals surface area contributed by atoms with Crippen molar-refractivity contribution in [1.82, 2.24) is 4.98 Å². The fourth-order valence-electron chi connectivity index (χ4n) is 2.69. The third-order valence-electron chi connectivity index (χ3n) is 4.11. The first-order valence-corrected chi connectivity index (χ1v) is 8.42. The SMILES string of the molecule is CN(CCO)c1ccc(NC(=O)/C=C/c2ccnc3ccccc23)cc1. The molecule has 0 saturated heterocycles. The normalized spacial score (nSPS) is 11.0. The number of likely N-dealkylation sites (N-methyl/N-ethyl adjacent to an activating group) is 1. The molecule has 0 aliphatic carbocycles. The van der Waals surface area contributed by atoms with Crippen LogP contribution in [-0.4, -0.2) is 36.2 Å². The fourth-order valence-corrected chi connectivity index (χ4v) is 2.69. The van der Waals surface area contributed by atoms with Gasteiger partial charge in [0.2, 0.25) is 5.91 Å². The largest absolute Gasteiger partial charge is 0.395 e. The average Bonchev–Trinajstić information content (AvgIpc) is 2.67. The summed E-state index contributed by atoms with van der Waals surface area (Å²) in [5.74, 6) is -0.192. The van der Waals surface area contributed by atoms with Crippen LogP contribution in [0.1, 0.15) is 5.56 Å². The molecule has 0 unspecified atom stereocenters. The summed E-state index contributed by atoms with van der Waals surface area (Å²) in [5.41, 5.74) is 3.56. The molecule has 2 aromatic carbocycles.